The molecule has 2 saturated heterocycles. The first kappa shape index (κ1) is 23.8. The van der Waals surface area contributed by atoms with Gasteiger partial charge in [0.2, 0.25) is 0 Å². The van der Waals surface area contributed by atoms with Gasteiger partial charge in [0.1, 0.15) is 6.10 Å². The quantitative estimate of drug-likeness (QED) is 0.802. The van der Waals surface area contributed by atoms with Crippen LogP contribution < -0.4 is 10.6 Å². The summed E-state index contributed by atoms with van der Waals surface area (Å²) >= 11 is 0. The monoisotopic (exact) mass is 429 g/mol. The van der Waals surface area contributed by atoms with Crippen LogP contribution in [-0.4, -0.2) is 55.7 Å². The minimum atomic E-state index is -4.35. The van der Waals surface area contributed by atoms with Crippen molar-refractivity contribution in [3.63, 3.8) is 0 Å². The van der Waals surface area contributed by atoms with E-state index in [-0.39, 0.29) is 36.8 Å². The number of carbonyl (C=O) groups excluding carboxylic acids is 1. The van der Waals surface area contributed by atoms with Crippen molar-refractivity contribution in [2.45, 2.75) is 31.2 Å². The number of anilines is 1. The van der Waals surface area contributed by atoms with E-state index in [2.05, 4.69) is 0 Å². The van der Waals surface area contributed by atoms with E-state index in [0.29, 0.717) is 44.8 Å². The van der Waals surface area contributed by atoms with Crippen molar-refractivity contribution >= 4 is 36.4 Å². The molecule has 27 heavy (non-hydrogen) atoms. The van der Waals surface area contributed by atoms with Gasteiger partial charge in [-0.2, -0.15) is 13.2 Å². The predicted molar refractivity (Wildman–Crippen MR) is 102 cm³/mol. The molecule has 0 radical (unpaired) electrons. The largest absolute Gasteiger partial charge is 0.416 e. The molecule has 1 aromatic rings. The van der Waals surface area contributed by atoms with Crippen molar-refractivity contribution in [2.24, 2.45) is 5.73 Å². The van der Waals surface area contributed by atoms with Gasteiger partial charge in [-0.3, -0.25) is 4.79 Å². The highest BCUT2D eigenvalue weighted by atomic mass is 35.5. The maximum absolute atomic E-state index is 12.8. The molecule has 2 N–H and O–H groups in total. The van der Waals surface area contributed by atoms with Crippen LogP contribution in [0, 0.1) is 0 Å². The number of nitrogens with two attached hydrogens (primary N) is 1. The van der Waals surface area contributed by atoms with Crippen LogP contribution in [0.15, 0.2) is 24.3 Å². The number of rotatable bonds is 3. The summed E-state index contributed by atoms with van der Waals surface area (Å²) in [6.07, 6.45) is -3.38. The fraction of sp³-hybridized carbons (Fsp3) is 0.588. The number of piperazine rings is 1. The molecule has 2 aliphatic heterocycles. The highest BCUT2D eigenvalue weighted by Crippen LogP contribution is 2.32. The van der Waals surface area contributed by atoms with Crippen LogP contribution >= 0.6 is 24.8 Å². The van der Waals surface area contributed by atoms with Crippen molar-refractivity contribution in [3.8, 4) is 0 Å². The summed E-state index contributed by atoms with van der Waals surface area (Å²) in [7, 11) is 0. The first-order valence-corrected chi connectivity index (χ1v) is 8.45. The van der Waals surface area contributed by atoms with Crippen molar-refractivity contribution in [3.05, 3.63) is 29.8 Å². The fourth-order valence-corrected chi connectivity index (χ4v) is 3.33. The zero-order chi connectivity index (χ0) is 18.0. The molecule has 2 aliphatic rings. The molecule has 0 saturated carbocycles. The molecule has 0 aromatic heterocycles. The number of nitrogens with zero attached hydrogens (tertiary/aromatic N) is 2. The summed E-state index contributed by atoms with van der Waals surface area (Å²) in [6.45, 7) is 2.36. The van der Waals surface area contributed by atoms with Gasteiger partial charge in [-0.15, -0.1) is 24.8 Å². The van der Waals surface area contributed by atoms with Crippen molar-refractivity contribution in [1.82, 2.24) is 4.90 Å². The first-order valence-electron chi connectivity index (χ1n) is 8.45. The number of benzene rings is 1. The van der Waals surface area contributed by atoms with Gasteiger partial charge >= 0.3 is 6.18 Å². The van der Waals surface area contributed by atoms with E-state index in [1.54, 1.807) is 11.0 Å². The summed E-state index contributed by atoms with van der Waals surface area (Å²) < 4.78 is 44.2. The zero-order valence-electron chi connectivity index (χ0n) is 14.7. The molecule has 3 rings (SSSR count). The predicted octanol–water partition coefficient (Wildman–Crippen LogP) is 2.70. The Hall–Kier alpha value is -1.22. The normalized spacial score (nSPS) is 22.8. The minimum Gasteiger partial charge on any atom is -0.368 e. The third kappa shape index (κ3) is 5.63. The smallest absolute Gasteiger partial charge is 0.368 e. The number of carbonyl (C=O) groups is 1. The van der Waals surface area contributed by atoms with Gasteiger partial charge in [-0.25, -0.2) is 0 Å². The van der Waals surface area contributed by atoms with Gasteiger partial charge in [-0.05, 0) is 31.0 Å². The maximum Gasteiger partial charge on any atom is 0.416 e. The number of hydrogen-bond donors (Lipinski definition) is 1. The molecule has 2 heterocycles. The van der Waals surface area contributed by atoms with E-state index >= 15 is 0 Å². The highest BCUT2D eigenvalue weighted by molar-refractivity contribution is 5.85. The molecule has 2 atom stereocenters. The molecule has 0 bridgehead atoms. The average molecular weight is 430 g/mol. The highest BCUT2D eigenvalue weighted by Gasteiger charge is 2.35. The Morgan fingerprint density at radius 1 is 1.15 bits per heavy atom. The molecule has 154 valence electrons. The van der Waals surface area contributed by atoms with Crippen LogP contribution in [0.5, 0.6) is 0 Å². The molecule has 10 heteroatoms. The molecule has 0 unspecified atom stereocenters. The summed E-state index contributed by atoms with van der Waals surface area (Å²) in [5.41, 5.74) is 5.44. The third-order valence-corrected chi connectivity index (χ3v) is 4.78. The first-order chi connectivity index (χ1) is 11.9. The summed E-state index contributed by atoms with van der Waals surface area (Å²) in [5.74, 6) is -0.0420. The van der Waals surface area contributed by atoms with E-state index in [4.69, 9.17) is 10.5 Å². The lowest BCUT2D eigenvalue weighted by Crippen LogP contribution is -2.51. The Morgan fingerprint density at radius 3 is 2.37 bits per heavy atom. The molecule has 1 aromatic carbocycles. The number of alkyl halides is 3. The summed E-state index contributed by atoms with van der Waals surface area (Å²) in [4.78, 5) is 16.1. The summed E-state index contributed by atoms with van der Waals surface area (Å²) in [6, 6.07) is 5.30. The fourth-order valence-electron chi connectivity index (χ4n) is 3.33. The molecule has 1 amide bonds. The van der Waals surface area contributed by atoms with Crippen LogP contribution in [0.4, 0.5) is 18.9 Å². The standard InChI is InChI=1S/C17H22F3N3O2.2ClH/c18-17(19,20)12-2-1-3-13(10-12)22-6-8-23(9-7-22)16(24)15-5-4-14(11-21)25-15;;/h1-3,10,14-15H,4-9,11,21H2;2*1H/t14-,15+;;/m1../s1. The van der Waals surface area contributed by atoms with Crippen LogP contribution in [0.1, 0.15) is 18.4 Å². The number of amides is 1. The van der Waals surface area contributed by atoms with Crippen LogP contribution in [-0.2, 0) is 15.7 Å². The number of hydrogen-bond acceptors (Lipinski definition) is 4. The Morgan fingerprint density at radius 2 is 1.81 bits per heavy atom. The van der Waals surface area contributed by atoms with Gasteiger partial charge in [0.15, 0.2) is 0 Å². The molecule has 0 spiro atoms. The lowest BCUT2D eigenvalue weighted by Gasteiger charge is -2.37. The van der Waals surface area contributed by atoms with E-state index in [9.17, 15) is 18.0 Å². The van der Waals surface area contributed by atoms with Gasteiger partial charge in [0.05, 0.1) is 11.7 Å². The van der Waals surface area contributed by atoms with Crippen molar-refractivity contribution < 1.29 is 22.7 Å². The average Bonchev–Trinajstić information content (AvgIpc) is 3.10. The van der Waals surface area contributed by atoms with Crippen LogP contribution in [0.2, 0.25) is 0 Å². The van der Waals surface area contributed by atoms with Gasteiger partial charge in [-0.1, -0.05) is 6.07 Å². The SMILES string of the molecule is Cl.Cl.NC[C@H]1CC[C@@H](C(=O)N2CCN(c3cccc(C(F)(F)F)c3)CC2)O1. The lowest BCUT2D eigenvalue weighted by molar-refractivity contribution is -0.143. The molecule has 5 nitrogen and oxygen atoms in total. The number of ether oxygens (including phenoxy) is 1. The maximum atomic E-state index is 12.8. The van der Waals surface area contributed by atoms with E-state index in [0.717, 1.165) is 18.6 Å². The Bertz CT molecular complexity index is 626. The van der Waals surface area contributed by atoms with E-state index < -0.39 is 17.8 Å². The second-order valence-corrected chi connectivity index (χ2v) is 6.42. The van der Waals surface area contributed by atoms with Crippen molar-refractivity contribution in [1.29, 1.82) is 0 Å². The third-order valence-electron chi connectivity index (χ3n) is 4.78. The summed E-state index contributed by atoms with van der Waals surface area (Å²) in [5, 5.41) is 0. The number of halogens is 5. The van der Waals surface area contributed by atoms with E-state index in [1.807, 2.05) is 4.90 Å². The second-order valence-electron chi connectivity index (χ2n) is 6.42. The van der Waals surface area contributed by atoms with Crippen molar-refractivity contribution in [2.75, 3.05) is 37.6 Å². The topological polar surface area (TPSA) is 58.8 Å². The van der Waals surface area contributed by atoms with Gasteiger partial charge in [0, 0.05) is 38.4 Å². The van der Waals surface area contributed by atoms with E-state index in [1.165, 1.54) is 6.07 Å². The Kier molecular flexibility index (Phi) is 8.66. The van der Waals surface area contributed by atoms with Gasteiger partial charge < -0.3 is 20.3 Å². The van der Waals surface area contributed by atoms with Gasteiger partial charge in [0.25, 0.3) is 5.91 Å². The Labute approximate surface area is 168 Å². The van der Waals surface area contributed by atoms with Crippen LogP contribution in [0.3, 0.4) is 0 Å². The zero-order valence-corrected chi connectivity index (χ0v) is 16.3. The second kappa shape index (κ2) is 9.82. The minimum absolute atomic E-state index is 0. The Balaban J connectivity index is 0.00000182. The molecular weight excluding hydrogens is 406 g/mol. The van der Waals surface area contributed by atoms with Crippen LogP contribution in [0.25, 0.3) is 0 Å². The lowest BCUT2D eigenvalue weighted by atomic mass is 10.1. The molecular formula is C17H24Cl2F3N3O2. The molecule has 0 aliphatic carbocycles. The molecule has 2 fully saturated rings.